The highest BCUT2D eigenvalue weighted by Gasteiger charge is 2.00. The van der Waals surface area contributed by atoms with Crippen LogP contribution in [-0.2, 0) is 11.2 Å². The lowest BCUT2D eigenvalue weighted by Crippen LogP contribution is -2.28. The first-order valence-corrected chi connectivity index (χ1v) is 6.17. The zero-order chi connectivity index (χ0) is 13.7. The minimum atomic E-state index is -0.461. The van der Waals surface area contributed by atoms with Gasteiger partial charge < -0.3 is 15.2 Å². The maximum atomic E-state index is 10.9. The molecule has 0 saturated carbocycles. The van der Waals surface area contributed by atoms with Crippen LogP contribution in [0.3, 0.4) is 0 Å². The highest BCUT2D eigenvalue weighted by Crippen LogP contribution is 2.21. The van der Waals surface area contributed by atoms with Crippen molar-refractivity contribution in [2.75, 3.05) is 20.3 Å². The minimum Gasteiger partial charge on any atom is -0.497 e. The maximum absolute atomic E-state index is 10.9. The van der Waals surface area contributed by atoms with E-state index in [4.69, 9.17) is 9.84 Å². The Morgan fingerprint density at radius 3 is 2.68 bits per heavy atom. The van der Waals surface area contributed by atoms with Crippen LogP contribution in [0.15, 0.2) is 36.4 Å². The number of hydrogen-bond acceptors (Lipinski definition) is 3. The first kappa shape index (κ1) is 13.4. The van der Waals surface area contributed by atoms with Crippen LogP contribution in [0, 0.1) is 0 Å². The SMILES string of the molecule is COc1ccc2cc(CCNC(=O)CO)ccc2c1. The van der Waals surface area contributed by atoms with Gasteiger partial charge in [0.25, 0.3) is 0 Å². The van der Waals surface area contributed by atoms with Gasteiger partial charge in [-0.05, 0) is 34.9 Å². The average molecular weight is 259 g/mol. The molecule has 2 aromatic carbocycles. The molecule has 0 unspecified atom stereocenters. The van der Waals surface area contributed by atoms with Gasteiger partial charge in [-0.15, -0.1) is 0 Å². The van der Waals surface area contributed by atoms with Crippen molar-refractivity contribution in [3.05, 3.63) is 42.0 Å². The van der Waals surface area contributed by atoms with Crippen molar-refractivity contribution < 1.29 is 14.6 Å². The van der Waals surface area contributed by atoms with E-state index in [2.05, 4.69) is 11.4 Å². The third-order valence-corrected chi connectivity index (χ3v) is 2.99. The Kier molecular flexibility index (Phi) is 4.36. The van der Waals surface area contributed by atoms with Crippen molar-refractivity contribution in [3.8, 4) is 5.75 Å². The highest BCUT2D eigenvalue weighted by molar-refractivity contribution is 5.84. The van der Waals surface area contributed by atoms with E-state index in [1.165, 1.54) is 0 Å². The molecule has 0 heterocycles. The number of methoxy groups -OCH3 is 1. The van der Waals surface area contributed by atoms with E-state index in [0.29, 0.717) is 6.54 Å². The minimum absolute atomic E-state index is 0.342. The van der Waals surface area contributed by atoms with Crippen molar-refractivity contribution in [1.82, 2.24) is 5.32 Å². The summed E-state index contributed by atoms with van der Waals surface area (Å²) in [5.41, 5.74) is 1.15. The van der Waals surface area contributed by atoms with Gasteiger partial charge in [0.05, 0.1) is 7.11 Å². The van der Waals surface area contributed by atoms with E-state index < -0.39 is 6.61 Å². The van der Waals surface area contributed by atoms with Gasteiger partial charge in [0, 0.05) is 6.54 Å². The molecule has 0 aliphatic rings. The molecule has 0 fully saturated rings. The molecule has 0 bridgehead atoms. The number of benzene rings is 2. The third-order valence-electron chi connectivity index (χ3n) is 2.99. The van der Waals surface area contributed by atoms with E-state index >= 15 is 0 Å². The van der Waals surface area contributed by atoms with Crippen molar-refractivity contribution in [3.63, 3.8) is 0 Å². The Bertz CT molecular complexity index is 581. The number of carbonyl (C=O) groups excluding carboxylic acids is 1. The number of rotatable bonds is 5. The fourth-order valence-electron chi connectivity index (χ4n) is 1.96. The Morgan fingerprint density at radius 1 is 1.21 bits per heavy atom. The number of fused-ring (bicyclic) bond motifs is 1. The number of amides is 1. The second-order valence-corrected chi connectivity index (χ2v) is 4.31. The van der Waals surface area contributed by atoms with E-state index in [0.717, 1.165) is 28.5 Å². The number of hydrogen-bond donors (Lipinski definition) is 2. The van der Waals surface area contributed by atoms with Crippen LogP contribution < -0.4 is 10.1 Å². The molecular formula is C15H17NO3. The Morgan fingerprint density at radius 2 is 1.95 bits per heavy atom. The standard InChI is InChI=1S/C15H17NO3/c1-19-14-5-4-12-8-11(2-3-13(12)9-14)6-7-16-15(18)10-17/h2-5,8-9,17H,6-7,10H2,1H3,(H,16,18). The zero-order valence-corrected chi connectivity index (χ0v) is 10.8. The van der Waals surface area contributed by atoms with Crippen LogP contribution >= 0.6 is 0 Å². The summed E-state index contributed by atoms with van der Waals surface area (Å²) in [5.74, 6) is 0.501. The van der Waals surface area contributed by atoms with Gasteiger partial charge in [0.15, 0.2) is 0 Å². The van der Waals surface area contributed by atoms with Crippen LogP contribution in [0.1, 0.15) is 5.56 Å². The molecule has 0 spiro atoms. The molecule has 2 aromatic rings. The molecular weight excluding hydrogens is 242 g/mol. The van der Waals surface area contributed by atoms with Gasteiger partial charge in [-0.2, -0.15) is 0 Å². The fourth-order valence-corrected chi connectivity index (χ4v) is 1.96. The average Bonchev–Trinajstić information content (AvgIpc) is 2.46. The first-order valence-electron chi connectivity index (χ1n) is 6.17. The Hall–Kier alpha value is -2.07. The molecule has 2 N–H and O–H groups in total. The molecule has 2 rings (SSSR count). The number of aliphatic hydroxyl groups excluding tert-OH is 1. The summed E-state index contributed by atoms with van der Waals surface area (Å²) in [5, 5.41) is 13.5. The smallest absolute Gasteiger partial charge is 0.245 e. The highest BCUT2D eigenvalue weighted by atomic mass is 16.5. The van der Waals surface area contributed by atoms with Gasteiger partial charge >= 0.3 is 0 Å². The van der Waals surface area contributed by atoms with Crippen molar-refractivity contribution in [2.45, 2.75) is 6.42 Å². The van der Waals surface area contributed by atoms with Gasteiger partial charge in [-0.1, -0.05) is 24.3 Å². The van der Waals surface area contributed by atoms with Crippen LogP contribution in [0.4, 0.5) is 0 Å². The van der Waals surface area contributed by atoms with Crippen LogP contribution in [-0.4, -0.2) is 31.3 Å². The Labute approximate surface area is 112 Å². The molecule has 0 saturated heterocycles. The third kappa shape index (κ3) is 3.45. The predicted molar refractivity (Wildman–Crippen MR) is 74.3 cm³/mol. The lowest BCUT2D eigenvalue weighted by Gasteiger charge is -2.06. The summed E-state index contributed by atoms with van der Waals surface area (Å²) >= 11 is 0. The fraction of sp³-hybridized carbons (Fsp3) is 0.267. The van der Waals surface area contributed by atoms with Gasteiger partial charge in [0.1, 0.15) is 12.4 Å². The number of carbonyl (C=O) groups is 1. The molecule has 19 heavy (non-hydrogen) atoms. The quantitative estimate of drug-likeness (QED) is 0.855. The van der Waals surface area contributed by atoms with Crippen LogP contribution in [0.5, 0.6) is 5.75 Å². The number of aliphatic hydroxyl groups is 1. The topological polar surface area (TPSA) is 58.6 Å². The van der Waals surface area contributed by atoms with Gasteiger partial charge in [-0.25, -0.2) is 0 Å². The van der Waals surface area contributed by atoms with E-state index in [1.807, 2.05) is 30.3 Å². The summed E-state index contributed by atoms with van der Waals surface area (Å²) in [4.78, 5) is 10.9. The number of ether oxygens (including phenoxy) is 1. The normalized spacial score (nSPS) is 10.4. The van der Waals surface area contributed by atoms with Gasteiger partial charge in [0.2, 0.25) is 5.91 Å². The lowest BCUT2D eigenvalue weighted by molar-refractivity contribution is -0.123. The zero-order valence-electron chi connectivity index (χ0n) is 10.8. The predicted octanol–water partition coefficient (Wildman–Crippen LogP) is 1.50. The van der Waals surface area contributed by atoms with Crippen LogP contribution in [0.25, 0.3) is 10.8 Å². The van der Waals surface area contributed by atoms with Crippen LogP contribution in [0.2, 0.25) is 0 Å². The van der Waals surface area contributed by atoms with Gasteiger partial charge in [-0.3, -0.25) is 4.79 Å². The summed E-state index contributed by atoms with van der Waals surface area (Å²) in [6, 6.07) is 12.1. The summed E-state index contributed by atoms with van der Waals surface area (Å²) in [6.45, 7) is 0.0680. The second kappa shape index (κ2) is 6.20. The molecule has 4 nitrogen and oxygen atoms in total. The Balaban J connectivity index is 2.07. The van der Waals surface area contributed by atoms with E-state index in [9.17, 15) is 4.79 Å². The second-order valence-electron chi connectivity index (χ2n) is 4.31. The van der Waals surface area contributed by atoms with E-state index in [-0.39, 0.29) is 5.91 Å². The first-order chi connectivity index (χ1) is 9.22. The summed E-state index contributed by atoms with van der Waals surface area (Å²) in [6.07, 6.45) is 0.744. The molecule has 1 amide bonds. The summed E-state index contributed by atoms with van der Waals surface area (Å²) < 4.78 is 5.18. The monoisotopic (exact) mass is 259 g/mol. The lowest BCUT2D eigenvalue weighted by atomic mass is 10.0. The molecule has 0 aliphatic carbocycles. The number of nitrogens with one attached hydrogen (secondary N) is 1. The van der Waals surface area contributed by atoms with Crippen molar-refractivity contribution >= 4 is 16.7 Å². The molecule has 0 atom stereocenters. The van der Waals surface area contributed by atoms with Crippen molar-refractivity contribution in [1.29, 1.82) is 0 Å². The molecule has 4 heteroatoms. The maximum Gasteiger partial charge on any atom is 0.245 e. The molecule has 100 valence electrons. The molecule has 0 aromatic heterocycles. The van der Waals surface area contributed by atoms with E-state index in [1.54, 1.807) is 7.11 Å². The molecule has 0 radical (unpaired) electrons. The largest absolute Gasteiger partial charge is 0.497 e. The summed E-state index contributed by atoms with van der Waals surface area (Å²) in [7, 11) is 1.65. The van der Waals surface area contributed by atoms with Crippen molar-refractivity contribution in [2.24, 2.45) is 0 Å². The molecule has 0 aliphatic heterocycles.